The van der Waals surface area contributed by atoms with Gasteiger partial charge >= 0.3 is 0 Å². The molecule has 6 heteroatoms. The number of hydrogen-bond acceptors (Lipinski definition) is 5. The van der Waals surface area contributed by atoms with Crippen LogP contribution in [0, 0.1) is 13.8 Å². The van der Waals surface area contributed by atoms with E-state index >= 15 is 0 Å². The number of nitrogens with zero attached hydrogens (tertiary/aromatic N) is 3. The van der Waals surface area contributed by atoms with E-state index in [1.165, 1.54) is 0 Å². The fraction of sp³-hybridized carbons (Fsp3) is 0.167. The lowest BCUT2D eigenvalue weighted by atomic mass is 10.3. The van der Waals surface area contributed by atoms with Gasteiger partial charge in [-0.25, -0.2) is 15.0 Å². The zero-order chi connectivity index (χ0) is 13.1. The van der Waals surface area contributed by atoms with E-state index in [-0.39, 0.29) is 11.5 Å². The SMILES string of the molecule is Cc1nc(N)c(C(=O)Nc2ccccn2)nc1C. The van der Waals surface area contributed by atoms with Crippen molar-refractivity contribution in [1.29, 1.82) is 0 Å². The van der Waals surface area contributed by atoms with Crippen molar-refractivity contribution >= 4 is 17.5 Å². The van der Waals surface area contributed by atoms with Gasteiger partial charge in [-0.2, -0.15) is 0 Å². The Morgan fingerprint density at radius 2 is 1.94 bits per heavy atom. The van der Waals surface area contributed by atoms with Crippen LogP contribution in [0.25, 0.3) is 0 Å². The molecule has 0 aromatic carbocycles. The monoisotopic (exact) mass is 243 g/mol. The van der Waals surface area contributed by atoms with Crippen LogP contribution in [0.1, 0.15) is 21.9 Å². The molecule has 0 atom stereocenters. The summed E-state index contributed by atoms with van der Waals surface area (Å²) in [5, 5.41) is 2.61. The Balaban J connectivity index is 2.27. The van der Waals surface area contributed by atoms with Crippen LogP contribution in [0.5, 0.6) is 0 Å². The van der Waals surface area contributed by atoms with Gasteiger partial charge in [0.1, 0.15) is 5.82 Å². The van der Waals surface area contributed by atoms with Gasteiger partial charge in [-0.1, -0.05) is 6.07 Å². The second kappa shape index (κ2) is 4.79. The van der Waals surface area contributed by atoms with Gasteiger partial charge in [0.25, 0.3) is 5.91 Å². The Kier molecular flexibility index (Phi) is 3.18. The minimum atomic E-state index is -0.415. The van der Waals surface area contributed by atoms with Crippen LogP contribution in [-0.4, -0.2) is 20.9 Å². The normalized spacial score (nSPS) is 10.1. The molecule has 3 N–H and O–H groups in total. The molecule has 0 radical (unpaired) electrons. The second-order valence-corrected chi connectivity index (χ2v) is 3.80. The highest BCUT2D eigenvalue weighted by Crippen LogP contribution is 2.11. The number of rotatable bonds is 2. The van der Waals surface area contributed by atoms with Crippen LogP contribution in [0.3, 0.4) is 0 Å². The molecule has 2 aromatic heterocycles. The molecule has 0 aliphatic heterocycles. The average Bonchev–Trinajstić information content (AvgIpc) is 2.35. The third kappa shape index (κ3) is 2.42. The molecule has 2 heterocycles. The van der Waals surface area contributed by atoms with E-state index in [2.05, 4.69) is 20.3 Å². The summed E-state index contributed by atoms with van der Waals surface area (Å²) < 4.78 is 0. The lowest BCUT2D eigenvalue weighted by molar-refractivity contribution is 0.102. The van der Waals surface area contributed by atoms with Crippen LogP contribution in [0.2, 0.25) is 0 Å². The molecule has 0 fully saturated rings. The zero-order valence-corrected chi connectivity index (χ0v) is 10.1. The van der Waals surface area contributed by atoms with Crippen molar-refractivity contribution in [2.75, 3.05) is 11.1 Å². The summed E-state index contributed by atoms with van der Waals surface area (Å²) in [5.74, 6) is 0.148. The summed E-state index contributed by atoms with van der Waals surface area (Å²) in [6.07, 6.45) is 1.59. The van der Waals surface area contributed by atoms with Gasteiger partial charge < -0.3 is 11.1 Å². The quantitative estimate of drug-likeness (QED) is 0.829. The maximum atomic E-state index is 12.0. The Morgan fingerprint density at radius 1 is 1.22 bits per heavy atom. The summed E-state index contributed by atoms with van der Waals surface area (Å²) >= 11 is 0. The number of nitrogens with two attached hydrogens (primary N) is 1. The predicted octanol–water partition coefficient (Wildman–Crippen LogP) is 1.32. The summed E-state index contributed by atoms with van der Waals surface area (Å²) in [6.45, 7) is 3.57. The Morgan fingerprint density at radius 3 is 2.61 bits per heavy atom. The molecule has 2 aromatic rings. The van der Waals surface area contributed by atoms with E-state index in [0.29, 0.717) is 17.2 Å². The first-order valence-electron chi connectivity index (χ1n) is 5.41. The van der Waals surface area contributed by atoms with Crippen molar-refractivity contribution in [3.8, 4) is 0 Å². The molecule has 1 amide bonds. The number of pyridine rings is 1. The van der Waals surface area contributed by atoms with Crippen LogP contribution in [-0.2, 0) is 0 Å². The van der Waals surface area contributed by atoms with Crippen molar-refractivity contribution in [2.45, 2.75) is 13.8 Å². The van der Waals surface area contributed by atoms with Gasteiger partial charge in [0, 0.05) is 6.20 Å². The topological polar surface area (TPSA) is 93.8 Å². The number of carbonyl (C=O) groups is 1. The summed E-state index contributed by atoms with van der Waals surface area (Å²) in [5.41, 5.74) is 7.19. The van der Waals surface area contributed by atoms with Crippen LogP contribution >= 0.6 is 0 Å². The summed E-state index contributed by atoms with van der Waals surface area (Å²) in [6, 6.07) is 5.22. The number of aryl methyl sites for hydroxylation is 2. The zero-order valence-electron chi connectivity index (χ0n) is 10.1. The molecule has 18 heavy (non-hydrogen) atoms. The Bertz CT molecular complexity index is 583. The third-order valence-electron chi connectivity index (χ3n) is 2.46. The van der Waals surface area contributed by atoms with E-state index in [1.54, 1.807) is 38.2 Å². The molecule has 92 valence electrons. The minimum Gasteiger partial charge on any atom is -0.382 e. The molecule has 0 spiro atoms. The standard InChI is InChI=1S/C12H13N5O/c1-7-8(2)16-11(13)10(15-7)12(18)17-9-5-3-4-6-14-9/h3-6H,1-2H3,(H2,13,16)(H,14,17,18). The van der Waals surface area contributed by atoms with Gasteiger partial charge in [-0.3, -0.25) is 4.79 Å². The predicted molar refractivity (Wildman–Crippen MR) is 68.1 cm³/mol. The second-order valence-electron chi connectivity index (χ2n) is 3.80. The fourth-order valence-corrected chi connectivity index (χ4v) is 1.40. The highest BCUT2D eigenvalue weighted by Gasteiger charge is 2.15. The number of nitrogens with one attached hydrogen (secondary N) is 1. The molecule has 0 bridgehead atoms. The largest absolute Gasteiger partial charge is 0.382 e. The highest BCUT2D eigenvalue weighted by atomic mass is 16.2. The van der Waals surface area contributed by atoms with Crippen molar-refractivity contribution < 1.29 is 4.79 Å². The molecule has 0 unspecified atom stereocenters. The van der Waals surface area contributed by atoms with Crippen molar-refractivity contribution in [1.82, 2.24) is 15.0 Å². The first kappa shape index (κ1) is 12.0. The molecule has 0 saturated heterocycles. The van der Waals surface area contributed by atoms with Gasteiger partial charge in [0.2, 0.25) is 0 Å². The Labute approximate surface area is 104 Å². The highest BCUT2D eigenvalue weighted by molar-refractivity contribution is 6.05. The molecule has 0 aliphatic rings. The van der Waals surface area contributed by atoms with Gasteiger partial charge in [-0.05, 0) is 26.0 Å². The minimum absolute atomic E-state index is 0.115. The number of anilines is 2. The maximum absolute atomic E-state index is 12.0. The molecular weight excluding hydrogens is 230 g/mol. The van der Waals surface area contributed by atoms with Gasteiger partial charge in [0.05, 0.1) is 11.4 Å². The summed E-state index contributed by atoms with van der Waals surface area (Å²) in [4.78, 5) is 24.2. The van der Waals surface area contributed by atoms with E-state index in [0.717, 1.165) is 0 Å². The van der Waals surface area contributed by atoms with Crippen LogP contribution < -0.4 is 11.1 Å². The van der Waals surface area contributed by atoms with E-state index in [1.807, 2.05) is 0 Å². The molecule has 6 nitrogen and oxygen atoms in total. The van der Waals surface area contributed by atoms with Crippen LogP contribution in [0.4, 0.5) is 11.6 Å². The fourth-order valence-electron chi connectivity index (χ4n) is 1.40. The molecular formula is C12H13N5O. The number of carbonyl (C=O) groups excluding carboxylic acids is 1. The first-order chi connectivity index (χ1) is 8.58. The summed E-state index contributed by atoms with van der Waals surface area (Å²) in [7, 11) is 0. The molecule has 0 saturated carbocycles. The maximum Gasteiger partial charge on any atom is 0.279 e. The third-order valence-corrected chi connectivity index (χ3v) is 2.46. The van der Waals surface area contributed by atoms with Crippen molar-refractivity contribution in [2.24, 2.45) is 0 Å². The van der Waals surface area contributed by atoms with Gasteiger partial charge in [-0.15, -0.1) is 0 Å². The molecule has 0 aliphatic carbocycles. The first-order valence-corrected chi connectivity index (χ1v) is 5.41. The number of aromatic nitrogens is 3. The van der Waals surface area contributed by atoms with E-state index in [9.17, 15) is 4.79 Å². The number of amides is 1. The Hall–Kier alpha value is -2.50. The lowest BCUT2D eigenvalue weighted by Crippen LogP contribution is -2.18. The lowest BCUT2D eigenvalue weighted by Gasteiger charge is -2.07. The van der Waals surface area contributed by atoms with E-state index in [4.69, 9.17) is 5.73 Å². The van der Waals surface area contributed by atoms with Crippen LogP contribution in [0.15, 0.2) is 24.4 Å². The van der Waals surface area contributed by atoms with Crippen molar-refractivity contribution in [3.63, 3.8) is 0 Å². The molecule has 2 rings (SSSR count). The van der Waals surface area contributed by atoms with Crippen molar-refractivity contribution in [3.05, 3.63) is 41.5 Å². The number of hydrogen-bond donors (Lipinski definition) is 2. The van der Waals surface area contributed by atoms with E-state index < -0.39 is 5.91 Å². The van der Waals surface area contributed by atoms with Gasteiger partial charge in [0.15, 0.2) is 11.5 Å². The smallest absolute Gasteiger partial charge is 0.279 e. The number of nitrogen functional groups attached to an aromatic ring is 1. The average molecular weight is 243 g/mol.